The number of hydrogen-bond donors (Lipinski definition) is 2. The number of rotatable bonds is 6. The van der Waals surface area contributed by atoms with Crippen molar-refractivity contribution in [2.45, 2.75) is 26.4 Å². The third-order valence-corrected chi connectivity index (χ3v) is 5.31. The van der Waals surface area contributed by atoms with Gasteiger partial charge in [-0.1, -0.05) is 24.3 Å². The van der Waals surface area contributed by atoms with Crippen LogP contribution in [0.2, 0.25) is 0 Å². The summed E-state index contributed by atoms with van der Waals surface area (Å²) in [6.07, 6.45) is 0.896. The molecule has 7 heteroatoms. The molecule has 2 aromatic carbocycles. The fourth-order valence-electron chi connectivity index (χ4n) is 3.62. The first-order valence-corrected chi connectivity index (χ1v) is 11.1. The van der Waals surface area contributed by atoms with E-state index in [1.807, 2.05) is 18.2 Å². The highest BCUT2D eigenvalue weighted by Crippen LogP contribution is 2.32. The normalized spacial score (nSPS) is 17.1. The molecule has 7 nitrogen and oxygen atoms in total. The van der Waals surface area contributed by atoms with Gasteiger partial charge in [-0.15, -0.1) is 0 Å². The standard InChI is InChI=1S/C24H32N4O3/c1-2-25-24(27-21-8-9-22-23(16-21)31-13-3-12-30-22)26-17-19-4-6-20(7-5-19)18-28-10-14-29-15-11-28/h4-9,16H,2-3,10-15,17-18H2,1H3,(H2,25,26,27). The number of anilines is 1. The number of benzene rings is 2. The monoisotopic (exact) mass is 424 g/mol. The smallest absolute Gasteiger partial charge is 0.196 e. The lowest BCUT2D eigenvalue weighted by Gasteiger charge is -2.26. The molecule has 2 N–H and O–H groups in total. The van der Waals surface area contributed by atoms with E-state index in [2.05, 4.69) is 46.7 Å². The van der Waals surface area contributed by atoms with Crippen LogP contribution in [0.4, 0.5) is 5.69 Å². The molecule has 2 heterocycles. The molecule has 2 aromatic rings. The summed E-state index contributed by atoms with van der Waals surface area (Å²) in [5.41, 5.74) is 3.43. The number of aliphatic imine (C=N–C) groups is 1. The van der Waals surface area contributed by atoms with Crippen molar-refractivity contribution in [2.24, 2.45) is 4.99 Å². The molecule has 0 atom stereocenters. The average Bonchev–Trinajstić information content (AvgIpc) is 3.04. The SMILES string of the molecule is CCNC(=NCc1ccc(CN2CCOCC2)cc1)Nc1ccc2c(c1)OCCCO2. The van der Waals surface area contributed by atoms with Gasteiger partial charge in [-0.2, -0.15) is 0 Å². The van der Waals surface area contributed by atoms with E-state index in [1.54, 1.807) is 0 Å². The first-order chi connectivity index (χ1) is 15.3. The fraction of sp³-hybridized carbons (Fsp3) is 0.458. The number of nitrogens with one attached hydrogen (secondary N) is 2. The molecule has 2 aliphatic heterocycles. The van der Waals surface area contributed by atoms with E-state index in [9.17, 15) is 0 Å². The van der Waals surface area contributed by atoms with Crippen LogP contribution in [0.3, 0.4) is 0 Å². The van der Waals surface area contributed by atoms with Crippen LogP contribution in [-0.2, 0) is 17.8 Å². The Bertz CT molecular complexity index is 864. The van der Waals surface area contributed by atoms with Crippen molar-refractivity contribution in [3.05, 3.63) is 53.6 Å². The highest BCUT2D eigenvalue weighted by Gasteiger charge is 2.12. The topological polar surface area (TPSA) is 67.4 Å². The Labute approximate surface area is 184 Å². The summed E-state index contributed by atoms with van der Waals surface area (Å²) in [4.78, 5) is 7.18. The van der Waals surface area contributed by atoms with E-state index in [0.717, 1.165) is 69.0 Å². The lowest BCUT2D eigenvalue weighted by molar-refractivity contribution is 0.0342. The van der Waals surface area contributed by atoms with Crippen LogP contribution in [0.25, 0.3) is 0 Å². The molecule has 1 fully saturated rings. The fourth-order valence-corrected chi connectivity index (χ4v) is 3.62. The van der Waals surface area contributed by atoms with Gasteiger partial charge in [-0.05, 0) is 30.2 Å². The average molecular weight is 425 g/mol. The molecule has 0 spiro atoms. The van der Waals surface area contributed by atoms with Gasteiger partial charge in [0, 0.05) is 44.4 Å². The Morgan fingerprint density at radius 1 is 0.935 bits per heavy atom. The van der Waals surface area contributed by atoms with Crippen molar-refractivity contribution in [1.82, 2.24) is 10.2 Å². The third kappa shape index (κ3) is 6.35. The van der Waals surface area contributed by atoms with Crippen LogP contribution < -0.4 is 20.1 Å². The van der Waals surface area contributed by atoms with E-state index >= 15 is 0 Å². The molecular formula is C24H32N4O3. The van der Waals surface area contributed by atoms with Crippen LogP contribution in [0, 0.1) is 0 Å². The van der Waals surface area contributed by atoms with Gasteiger partial charge in [0.25, 0.3) is 0 Å². The van der Waals surface area contributed by atoms with E-state index in [1.165, 1.54) is 11.1 Å². The molecule has 0 unspecified atom stereocenters. The Hall–Kier alpha value is -2.77. The second-order valence-corrected chi connectivity index (χ2v) is 7.74. The molecule has 0 amide bonds. The van der Waals surface area contributed by atoms with Gasteiger partial charge in [0.05, 0.1) is 33.0 Å². The van der Waals surface area contributed by atoms with E-state index in [0.29, 0.717) is 19.8 Å². The summed E-state index contributed by atoms with van der Waals surface area (Å²) < 4.78 is 16.9. The Kier molecular flexibility index (Phi) is 7.63. The zero-order chi connectivity index (χ0) is 21.3. The largest absolute Gasteiger partial charge is 0.490 e. The maximum atomic E-state index is 5.79. The molecule has 4 rings (SSSR count). The molecule has 0 radical (unpaired) electrons. The lowest BCUT2D eigenvalue weighted by Crippen LogP contribution is -2.35. The molecular weight excluding hydrogens is 392 g/mol. The Balaban J connectivity index is 1.36. The maximum Gasteiger partial charge on any atom is 0.196 e. The highest BCUT2D eigenvalue weighted by molar-refractivity contribution is 5.93. The van der Waals surface area contributed by atoms with Crippen LogP contribution in [0.15, 0.2) is 47.5 Å². The molecule has 0 aliphatic carbocycles. The summed E-state index contributed by atoms with van der Waals surface area (Å²) in [5, 5.41) is 6.68. The third-order valence-electron chi connectivity index (χ3n) is 5.31. The van der Waals surface area contributed by atoms with Gasteiger partial charge in [0.1, 0.15) is 0 Å². The second-order valence-electron chi connectivity index (χ2n) is 7.74. The van der Waals surface area contributed by atoms with Crippen molar-refractivity contribution in [1.29, 1.82) is 0 Å². The number of hydrogen-bond acceptors (Lipinski definition) is 5. The van der Waals surface area contributed by atoms with Crippen molar-refractivity contribution < 1.29 is 14.2 Å². The summed E-state index contributed by atoms with van der Waals surface area (Å²) in [6, 6.07) is 14.6. The highest BCUT2D eigenvalue weighted by atomic mass is 16.5. The summed E-state index contributed by atoms with van der Waals surface area (Å²) in [5.74, 6) is 2.31. The van der Waals surface area contributed by atoms with Gasteiger partial charge in [0.15, 0.2) is 17.5 Å². The van der Waals surface area contributed by atoms with Crippen molar-refractivity contribution in [3.8, 4) is 11.5 Å². The lowest BCUT2D eigenvalue weighted by atomic mass is 10.1. The number of guanidine groups is 1. The zero-order valence-electron chi connectivity index (χ0n) is 18.2. The summed E-state index contributed by atoms with van der Waals surface area (Å²) >= 11 is 0. The summed E-state index contributed by atoms with van der Waals surface area (Å²) in [7, 11) is 0. The van der Waals surface area contributed by atoms with Gasteiger partial charge >= 0.3 is 0 Å². The Morgan fingerprint density at radius 2 is 1.68 bits per heavy atom. The molecule has 0 bridgehead atoms. The first kappa shape index (κ1) is 21.5. The number of nitrogens with zero attached hydrogens (tertiary/aromatic N) is 2. The summed E-state index contributed by atoms with van der Waals surface area (Å²) in [6.45, 7) is 9.46. The quantitative estimate of drug-likeness (QED) is 0.548. The Morgan fingerprint density at radius 3 is 2.45 bits per heavy atom. The predicted octanol–water partition coefficient (Wildman–Crippen LogP) is 3.26. The van der Waals surface area contributed by atoms with Crippen molar-refractivity contribution >= 4 is 11.6 Å². The van der Waals surface area contributed by atoms with E-state index in [-0.39, 0.29) is 0 Å². The predicted molar refractivity (Wildman–Crippen MR) is 123 cm³/mol. The second kappa shape index (κ2) is 11.0. The number of fused-ring (bicyclic) bond motifs is 1. The van der Waals surface area contributed by atoms with Gasteiger partial charge in [-0.3, -0.25) is 4.90 Å². The molecule has 1 saturated heterocycles. The van der Waals surface area contributed by atoms with Crippen molar-refractivity contribution in [2.75, 3.05) is 51.4 Å². The molecule has 166 valence electrons. The molecule has 0 saturated carbocycles. The molecule has 2 aliphatic rings. The van der Waals surface area contributed by atoms with Crippen LogP contribution >= 0.6 is 0 Å². The van der Waals surface area contributed by atoms with Crippen LogP contribution in [0.5, 0.6) is 11.5 Å². The maximum absolute atomic E-state index is 5.79. The molecule has 0 aromatic heterocycles. The first-order valence-electron chi connectivity index (χ1n) is 11.1. The van der Waals surface area contributed by atoms with Crippen LogP contribution in [0.1, 0.15) is 24.5 Å². The number of ether oxygens (including phenoxy) is 3. The van der Waals surface area contributed by atoms with Crippen molar-refractivity contribution in [3.63, 3.8) is 0 Å². The minimum absolute atomic E-state index is 0.609. The van der Waals surface area contributed by atoms with Gasteiger partial charge in [0.2, 0.25) is 0 Å². The number of morpholine rings is 1. The van der Waals surface area contributed by atoms with E-state index in [4.69, 9.17) is 19.2 Å². The molecule has 31 heavy (non-hydrogen) atoms. The van der Waals surface area contributed by atoms with Gasteiger partial charge < -0.3 is 24.8 Å². The zero-order valence-corrected chi connectivity index (χ0v) is 18.2. The van der Waals surface area contributed by atoms with Gasteiger partial charge in [-0.25, -0.2) is 4.99 Å². The van der Waals surface area contributed by atoms with Crippen LogP contribution in [-0.4, -0.2) is 56.9 Å². The minimum atomic E-state index is 0.609. The minimum Gasteiger partial charge on any atom is -0.490 e. The van der Waals surface area contributed by atoms with E-state index < -0.39 is 0 Å².